The number of aliphatic hydroxyl groups is 1. The summed E-state index contributed by atoms with van der Waals surface area (Å²) in [6.45, 7) is 21.1. The normalized spacial score (nSPS) is 12.8. The van der Waals surface area contributed by atoms with Gasteiger partial charge in [0.25, 0.3) is 0 Å². The Kier molecular flexibility index (Phi) is 11.9. The number of benzene rings is 2. The summed E-state index contributed by atoms with van der Waals surface area (Å²) >= 11 is 5.49. The molecular weight excluding hydrogens is 827 g/mol. The molecule has 257 valence electrons. The topological polar surface area (TPSA) is 50.2 Å². The molecular formula is C41H48IrNO2S3-. The van der Waals surface area contributed by atoms with E-state index in [1.807, 2.05) is 81.7 Å². The zero-order valence-electron chi connectivity index (χ0n) is 29.9. The number of aromatic nitrogens is 1. The van der Waals surface area contributed by atoms with E-state index in [0.717, 1.165) is 36.9 Å². The average molecular weight is 875 g/mol. The molecule has 0 fully saturated rings. The first-order chi connectivity index (χ1) is 22.2. The van der Waals surface area contributed by atoms with Crippen LogP contribution in [-0.2, 0) is 30.3 Å². The summed E-state index contributed by atoms with van der Waals surface area (Å²) in [5.74, 6) is 0.286. The second kappa shape index (κ2) is 14.8. The van der Waals surface area contributed by atoms with Crippen molar-refractivity contribution in [3.05, 3.63) is 76.3 Å². The minimum absolute atomic E-state index is 0. The van der Waals surface area contributed by atoms with Crippen LogP contribution in [-0.4, -0.2) is 15.9 Å². The Morgan fingerprint density at radius 3 is 2.15 bits per heavy atom. The van der Waals surface area contributed by atoms with Crippen LogP contribution in [0.25, 0.3) is 51.6 Å². The number of hydrogen-bond donors (Lipinski definition) is 1. The molecule has 0 aliphatic rings. The third-order valence-corrected chi connectivity index (χ3v) is 13.6. The predicted octanol–water partition coefficient (Wildman–Crippen LogP) is 13.6. The number of fused-ring (bicyclic) bond motifs is 5. The van der Waals surface area contributed by atoms with Crippen molar-refractivity contribution in [2.45, 2.75) is 100 Å². The first kappa shape index (κ1) is 38.4. The van der Waals surface area contributed by atoms with Crippen LogP contribution in [0.1, 0.15) is 99.1 Å². The summed E-state index contributed by atoms with van der Waals surface area (Å²) in [7, 11) is 0. The molecule has 4 aromatic heterocycles. The monoisotopic (exact) mass is 875 g/mol. The molecule has 4 heterocycles. The average Bonchev–Trinajstić information content (AvgIpc) is 3.78. The van der Waals surface area contributed by atoms with Gasteiger partial charge >= 0.3 is 0 Å². The van der Waals surface area contributed by atoms with E-state index < -0.39 is 0 Å². The van der Waals surface area contributed by atoms with Gasteiger partial charge in [0.1, 0.15) is 5.76 Å². The number of hydrogen-bond acceptors (Lipinski definition) is 6. The number of aliphatic hydroxyl groups excluding tert-OH is 1. The molecule has 7 heteroatoms. The quantitative estimate of drug-likeness (QED) is 0.0941. The van der Waals surface area contributed by atoms with Crippen LogP contribution in [0.15, 0.2) is 59.1 Å². The molecule has 0 amide bonds. The molecule has 0 aliphatic heterocycles. The van der Waals surface area contributed by atoms with Crippen molar-refractivity contribution in [3.8, 4) is 11.3 Å². The molecule has 6 rings (SSSR count). The van der Waals surface area contributed by atoms with Crippen LogP contribution in [0.4, 0.5) is 0 Å². The number of nitrogens with zero attached hydrogens (tertiary/aromatic N) is 1. The van der Waals surface area contributed by atoms with E-state index in [9.17, 15) is 9.90 Å². The van der Waals surface area contributed by atoms with Gasteiger partial charge in [0, 0.05) is 68.4 Å². The van der Waals surface area contributed by atoms with Crippen molar-refractivity contribution < 1.29 is 30.0 Å². The van der Waals surface area contributed by atoms with Crippen molar-refractivity contribution in [3.63, 3.8) is 0 Å². The Balaban J connectivity index is 0.000000251. The smallest absolute Gasteiger partial charge is 0.164 e. The van der Waals surface area contributed by atoms with Gasteiger partial charge in [-0.05, 0) is 88.0 Å². The van der Waals surface area contributed by atoms with Crippen molar-refractivity contribution in [2.75, 3.05) is 0 Å². The first-order valence-corrected chi connectivity index (χ1v) is 19.4. The van der Waals surface area contributed by atoms with Gasteiger partial charge < -0.3 is 5.11 Å². The predicted molar refractivity (Wildman–Crippen MR) is 209 cm³/mol. The zero-order chi connectivity index (χ0) is 34.3. The summed E-state index contributed by atoms with van der Waals surface area (Å²) in [6, 6.07) is 15.0. The zero-order valence-corrected chi connectivity index (χ0v) is 34.7. The van der Waals surface area contributed by atoms with Crippen LogP contribution in [0.2, 0.25) is 0 Å². The van der Waals surface area contributed by atoms with Gasteiger partial charge in [0.15, 0.2) is 5.78 Å². The molecule has 0 saturated heterocycles. The second-order valence-electron chi connectivity index (χ2n) is 14.3. The molecule has 0 atom stereocenters. The van der Waals surface area contributed by atoms with Crippen LogP contribution >= 0.6 is 34.0 Å². The SMILES string of the molecule is CCC(C)(CC)C(=O)/C=C(\O)C(C)(CC)CC.Cc1csc2cc3sc4c(-c5[c-]c6ccsc6c(C(C)(C)C)c5)nccc4c3cc12.[Ir]. The maximum absolute atomic E-state index is 12.2. The van der Waals surface area contributed by atoms with Crippen LogP contribution < -0.4 is 0 Å². The summed E-state index contributed by atoms with van der Waals surface area (Å²) in [4.78, 5) is 17.0. The molecule has 0 aliphatic carbocycles. The number of carbonyl (C=O) groups excluding carboxylic acids is 1. The number of thiophene rings is 3. The van der Waals surface area contributed by atoms with Crippen molar-refractivity contribution >= 4 is 80.1 Å². The fraction of sp³-hybridized carbons (Fsp3) is 0.415. The van der Waals surface area contributed by atoms with Crippen LogP contribution in [0.5, 0.6) is 0 Å². The standard InChI is InChI=1S/C26H20NS3.C15H28O2.Ir/c1-14-13-29-21-12-22-19(11-18(14)21)17-5-7-27-23(25(17)30-22)16-9-15-6-8-28-24(15)20(10-16)26(2,3)4;1-7-14(5,8-2)12(16)11-13(17)15(6,9-3)10-4;/h5-8,10-13H,1-4H3;11,16H,7-10H2,1-6H3;/q-1;;/b;12-11-;. The maximum atomic E-state index is 12.2. The van der Waals surface area contributed by atoms with E-state index in [2.05, 4.69) is 74.9 Å². The van der Waals surface area contributed by atoms with Crippen LogP contribution in [0, 0.1) is 23.8 Å². The van der Waals surface area contributed by atoms with E-state index in [0.29, 0.717) is 0 Å². The van der Waals surface area contributed by atoms with Crippen LogP contribution in [0.3, 0.4) is 0 Å². The molecule has 48 heavy (non-hydrogen) atoms. The fourth-order valence-electron chi connectivity index (χ4n) is 5.92. The number of ketones is 1. The van der Waals surface area contributed by atoms with Crippen molar-refractivity contribution in [1.29, 1.82) is 0 Å². The molecule has 0 saturated carbocycles. The Bertz CT molecular complexity index is 2100. The molecule has 0 unspecified atom stereocenters. The first-order valence-electron chi connectivity index (χ1n) is 16.8. The molecule has 0 bridgehead atoms. The summed E-state index contributed by atoms with van der Waals surface area (Å²) in [5, 5.41) is 19.7. The van der Waals surface area contributed by atoms with E-state index in [4.69, 9.17) is 4.98 Å². The van der Waals surface area contributed by atoms with Gasteiger partial charge in [0.2, 0.25) is 0 Å². The van der Waals surface area contributed by atoms with E-state index in [1.54, 1.807) is 0 Å². The third kappa shape index (κ3) is 7.23. The van der Waals surface area contributed by atoms with Crippen molar-refractivity contribution in [2.24, 2.45) is 10.8 Å². The summed E-state index contributed by atoms with van der Waals surface area (Å²) in [5.41, 5.74) is 4.35. The minimum atomic E-state index is -0.337. The van der Waals surface area contributed by atoms with Gasteiger partial charge in [-0.25, -0.2) is 0 Å². The fourth-order valence-corrected chi connectivity index (χ4v) is 9.26. The van der Waals surface area contributed by atoms with Crippen molar-refractivity contribution in [1.82, 2.24) is 4.98 Å². The number of rotatable bonds is 8. The molecule has 0 spiro atoms. The summed E-state index contributed by atoms with van der Waals surface area (Å²) in [6.07, 6.45) is 6.71. The molecule has 1 radical (unpaired) electrons. The Morgan fingerprint density at radius 2 is 1.52 bits per heavy atom. The van der Waals surface area contributed by atoms with Gasteiger partial charge in [-0.1, -0.05) is 73.4 Å². The second-order valence-corrected chi connectivity index (χ2v) is 17.2. The molecule has 6 aromatic rings. The van der Waals surface area contributed by atoms with Gasteiger partial charge in [-0.2, -0.15) is 11.3 Å². The summed E-state index contributed by atoms with van der Waals surface area (Å²) < 4.78 is 5.29. The Hall–Kier alpha value is -2.41. The minimum Gasteiger partial charge on any atom is -0.512 e. The number of aryl methyl sites for hydroxylation is 1. The number of allylic oxidation sites excluding steroid dienone is 2. The number of pyridine rings is 1. The molecule has 3 nitrogen and oxygen atoms in total. The maximum Gasteiger partial charge on any atom is 0.164 e. The largest absolute Gasteiger partial charge is 0.512 e. The van der Waals surface area contributed by atoms with E-state index in [1.165, 1.54) is 57.5 Å². The van der Waals surface area contributed by atoms with Gasteiger partial charge in [-0.15, -0.1) is 46.3 Å². The van der Waals surface area contributed by atoms with Gasteiger partial charge in [0.05, 0.1) is 0 Å². The number of carbonyl (C=O) groups is 1. The van der Waals surface area contributed by atoms with Gasteiger partial charge in [-0.3, -0.25) is 9.78 Å². The third-order valence-electron chi connectivity index (χ3n) is 10.4. The van der Waals surface area contributed by atoms with E-state index in [-0.39, 0.29) is 47.9 Å². The van der Waals surface area contributed by atoms with E-state index >= 15 is 0 Å². The Labute approximate surface area is 311 Å². The Morgan fingerprint density at radius 1 is 0.854 bits per heavy atom. The molecule has 1 N–H and O–H groups in total. The molecule has 2 aromatic carbocycles.